The molecule has 3 heteroatoms. The SMILES string of the molecule is O=C(Cc1cccs1)N(C1CC1)C1CCCc2ccccc21. The molecule has 2 aromatic rings. The zero-order valence-corrected chi connectivity index (χ0v) is 13.5. The van der Waals surface area contributed by atoms with E-state index in [0.717, 1.165) is 12.8 Å². The monoisotopic (exact) mass is 311 g/mol. The van der Waals surface area contributed by atoms with Crippen molar-refractivity contribution in [3.8, 4) is 0 Å². The van der Waals surface area contributed by atoms with Crippen LogP contribution < -0.4 is 0 Å². The molecule has 114 valence electrons. The first kappa shape index (κ1) is 14.0. The van der Waals surface area contributed by atoms with E-state index in [2.05, 4.69) is 40.6 Å². The summed E-state index contributed by atoms with van der Waals surface area (Å²) in [5, 5.41) is 2.06. The molecular formula is C19H21NOS. The van der Waals surface area contributed by atoms with Crippen molar-refractivity contribution in [1.29, 1.82) is 0 Å². The van der Waals surface area contributed by atoms with E-state index in [0.29, 0.717) is 24.4 Å². The van der Waals surface area contributed by atoms with Gasteiger partial charge in [0.25, 0.3) is 0 Å². The van der Waals surface area contributed by atoms with E-state index in [1.54, 1.807) is 11.3 Å². The second-order valence-corrected chi connectivity index (χ2v) is 7.43. The molecule has 1 amide bonds. The van der Waals surface area contributed by atoms with Gasteiger partial charge < -0.3 is 4.90 Å². The number of carbonyl (C=O) groups excluding carboxylic acids is 1. The van der Waals surface area contributed by atoms with Crippen LogP contribution in [0.15, 0.2) is 41.8 Å². The number of carbonyl (C=O) groups is 1. The zero-order valence-electron chi connectivity index (χ0n) is 12.7. The van der Waals surface area contributed by atoms with Crippen molar-refractivity contribution in [2.45, 2.75) is 50.6 Å². The van der Waals surface area contributed by atoms with Gasteiger partial charge in [-0.2, -0.15) is 0 Å². The third-order valence-electron chi connectivity index (χ3n) is 4.81. The predicted molar refractivity (Wildman–Crippen MR) is 90.0 cm³/mol. The Morgan fingerprint density at radius 1 is 1.14 bits per heavy atom. The zero-order chi connectivity index (χ0) is 14.9. The summed E-state index contributed by atoms with van der Waals surface area (Å²) in [5.41, 5.74) is 2.83. The fourth-order valence-electron chi connectivity index (χ4n) is 3.66. The lowest BCUT2D eigenvalue weighted by Crippen LogP contribution is -2.39. The summed E-state index contributed by atoms with van der Waals surface area (Å²) < 4.78 is 0. The molecule has 2 aliphatic rings. The van der Waals surface area contributed by atoms with Crippen LogP contribution in [0.25, 0.3) is 0 Å². The molecule has 2 aliphatic carbocycles. The summed E-state index contributed by atoms with van der Waals surface area (Å²) in [6, 6.07) is 13.6. The number of fused-ring (bicyclic) bond motifs is 1. The fraction of sp³-hybridized carbons (Fsp3) is 0.421. The molecule has 2 nitrogen and oxygen atoms in total. The van der Waals surface area contributed by atoms with Gasteiger partial charge in [-0.25, -0.2) is 0 Å². The highest BCUT2D eigenvalue weighted by Gasteiger charge is 2.39. The molecule has 0 saturated heterocycles. The summed E-state index contributed by atoms with van der Waals surface area (Å²) in [6.07, 6.45) is 6.38. The van der Waals surface area contributed by atoms with Crippen LogP contribution >= 0.6 is 11.3 Å². The molecular weight excluding hydrogens is 290 g/mol. The van der Waals surface area contributed by atoms with Gasteiger partial charge in [0, 0.05) is 10.9 Å². The largest absolute Gasteiger partial charge is 0.332 e. The molecule has 0 radical (unpaired) electrons. The van der Waals surface area contributed by atoms with Crippen LogP contribution in [0.4, 0.5) is 0 Å². The highest BCUT2D eigenvalue weighted by molar-refractivity contribution is 7.10. The Hall–Kier alpha value is -1.61. The third-order valence-corrected chi connectivity index (χ3v) is 5.68. The molecule has 0 bridgehead atoms. The second-order valence-electron chi connectivity index (χ2n) is 6.40. The highest BCUT2D eigenvalue weighted by Crippen LogP contribution is 2.41. The van der Waals surface area contributed by atoms with Crippen LogP contribution in [0.3, 0.4) is 0 Å². The molecule has 0 spiro atoms. The lowest BCUT2D eigenvalue weighted by molar-refractivity contribution is -0.134. The van der Waals surface area contributed by atoms with Gasteiger partial charge in [-0.15, -0.1) is 11.3 Å². The minimum atomic E-state index is 0.296. The number of rotatable bonds is 4. The topological polar surface area (TPSA) is 20.3 Å². The maximum Gasteiger partial charge on any atom is 0.228 e. The van der Waals surface area contributed by atoms with Crippen LogP contribution in [0.5, 0.6) is 0 Å². The van der Waals surface area contributed by atoms with E-state index >= 15 is 0 Å². The first-order valence-corrected chi connectivity index (χ1v) is 9.12. The summed E-state index contributed by atoms with van der Waals surface area (Å²) in [7, 11) is 0. The van der Waals surface area contributed by atoms with Crippen molar-refractivity contribution in [2.24, 2.45) is 0 Å². The fourth-order valence-corrected chi connectivity index (χ4v) is 4.35. The summed E-state index contributed by atoms with van der Waals surface area (Å²) in [6.45, 7) is 0. The summed E-state index contributed by atoms with van der Waals surface area (Å²) in [4.78, 5) is 16.3. The van der Waals surface area contributed by atoms with Crippen molar-refractivity contribution < 1.29 is 4.79 Å². The molecule has 1 unspecified atom stereocenters. The first-order valence-electron chi connectivity index (χ1n) is 8.24. The molecule has 1 aromatic carbocycles. The summed E-state index contributed by atoms with van der Waals surface area (Å²) >= 11 is 1.69. The third kappa shape index (κ3) is 2.70. The number of benzene rings is 1. The number of thiophene rings is 1. The van der Waals surface area contributed by atoms with E-state index in [4.69, 9.17) is 0 Å². The smallest absolute Gasteiger partial charge is 0.228 e. The Labute approximate surface area is 135 Å². The van der Waals surface area contributed by atoms with Crippen LogP contribution in [-0.2, 0) is 17.6 Å². The first-order chi connectivity index (χ1) is 10.8. The quantitative estimate of drug-likeness (QED) is 0.821. The Kier molecular flexibility index (Phi) is 3.75. The minimum absolute atomic E-state index is 0.296. The Morgan fingerprint density at radius 2 is 2.00 bits per heavy atom. The Morgan fingerprint density at radius 3 is 2.77 bits per heavy atom. The van der Waals surface area contributed by atoms with Crippen LogP contribution in [0.2, 0.25) is 0 Å². The molecule has 1 atom stereocenters. The summed E-state index contributed by atoms with van der Waals surface area (Å²) in [5.74, 6) is 0.312. The van der Waals surface area contributed by atoms with Gasteiger partial charge in [-0.3, -0.25) is 4.79 Å². The Balaban J connectivity index is 1.61. The molecule has 22 heavy (non-hydrogen) atoms. The predicted octanol–water partition coefficient (Wildman–Crippen LogP) is 4.36. The van der Waals surface area contributed by atoms with Gasteiger partial charge in [0.2, 0.25) is 5.91 Å². The lowest BCUT2D eigenvalue weighted by atomic mass is 9.86. The average molecular weight is 311 g/mol. The van der Waals surface area contributed by atoms with Gasteiger partial charge >= 0.3 is 0 Å². The molecule has 4 rings (SSSR count). The van der Waals surface area contributed by atoms with Crippen LogP contribution in [-0.4, -0.2) is 16.8 Å². The van der Waals surface area contributed by atoms with Crippen LogP contribution in [0.1, 0.15) is 47.7 Å². The normalized spacial score (nSPS) is 20.5. The number of amides is 1. The molecule has 1 fully saturated rings. The maximum atomic E-state index is 12.9. The molecule has 1 saturated carbocycles. The van der Waals surface area contributed by atoms with E-state index in [-0.39, 0.29) is 0 Å². The minimum Gasteiger partial charge on any atom is -0.332 e. The molecule has 0 aliphatic heterocycles. The average Bonchev–Trinajstić information content (AvgIpc) is 3.24. The molecule has 1 aromatic heterocycles. The molecule has 0 N–H and O–H groups in total. The van der Waals surface area contributed by atoms with Crippen LogP contribution in [0, 0.1) is 0 Å². The maximum absolute atomic E-state index is 12.9. The van der Waals surface area contributed by atoms with Crippen molar-refractivity contribution in [1.82, 2.24) is 4.90 Å². The van der Waals surface area contributed by atoms with Gasteiger partial charge in [0.1, 0.15) is 0 Å². The van der Waals surface area contributed by atoms with Gasteiger partial charge in [-0.1, -0.05) is 30.3 Å². The number of aryl methyl sites for hydroxylation is 1. The van der Waals surface area contributed by atoms with Gasteiger partial charge in [0.15, 0.2) is 0 Å². The standard InChI is InChI=1S/C19H21NOS/c21-19(13-16-7-4-12-22-16)20(15-10-11-15)18-9-3-6-14-5-1-2-8-17(14)18/h1-2,4-5,7-8,12,15,18H,3,6,9-11,13H2. The van der Waals surface area contributed by atoms with Crippen molar-refractivity contribution >= 4 is 17.2 Å². The molecule has 1 heterocycles. The van der Waals surface area contributed by atoms with Crippen molar-refractivity contribution in [3.63, 3.8) is 0 Å². The van der Waals surface area contributed by atoms with Crippen molar-refractivity contribution in [2.75, 3.05) is 0 Å². The van der Waals surface area contributed by atoms with E-state index in [9.17, 15) is 4.79 Å². The Bertz CT molecular complexity index is 660. The van der Waals surface area contributed by atoms with E-state index < -0.39 is 0 Å². The van der Waals surface area contributed by atoms with E-state index in [1.165, 1.54) is 35.3 Å². The van der Waals surface area contributed by atoms with E-state index in [1.807, 2.05) is 6.07 Å². The van der Waals surface area contributed by atoms with Crippen molar-refractivity contribution in [3.05, 3.63) is 57.8 Å². The number of hydrogen-bond donors (Lipinski definition) is 0. The second kappa shape index (κ2) is 5.88. The van der Waals surface area contributed by atoms with Gasteiger partial charge in [0.05, 0.1) is 12.5 Å². The lowest BCUT2D eigenvalue weighted by Gasteiger charge is -2.36. The number of hydrogen-bond acceptors (Lipinski definition) is 2. The number of nitrogens with zero attached hydrogens (tertiary/aromatic N) is 1. The van der Waals surface area contributed by atoms with Gasteiger partial charge in [-0.05, 0) is 54.7 Å². The highest BCUT2D eigenvalue weighted by atomic mass is 32.1.